The van der Waals surface area contributed by atoms with Crippen molar-refractivity contribution in [2.24, 2.45) is 0 Å². The number of carbonyl (C=O) groups is 2. The van der Waals surface area contributed by atoms with E-state index < -0.39 is 21.8 Å². The molecule has 0 aliphatic rings. The van der Waals surface area contributed by atoms with Crippen molar-refractivity contribution in [1.82, 2.24) is 0 Å². The lowest BCUT2D eigenvalue weighted by molar-refractivity contribution is -0.144. The molecule has 0 saturated heterocycles. The van der Waals surface area contributed by atoms with Gasteiger partial charge in [-0.3, -0.25) is 4.79 Å². The highest BCUT2D eigenvalue weighted by Gasteiger charge is 2.17. The molecule has 160 valence electrons. The molecule has 0 spiro atoms. The zero-order valence-electron chi connectivity index (χ0n) is 17.0. The summed E-state index contributed by atoms with van der Waals surface area (Å²) in [4.78, 5) is 24.5. The molecule has 6 nitrogen and oxygen atoms in total. The monoisotopic (exact) mass is 438 g/mol. The quantitative estimate of drug-likeness (QED) is 0.388. The van der Waals surface area contributed by atoms with E-state index in [4.69, 9.17) is 9.47 Å². The first kappa shape index (κ1) is 22.2. The van der Waals surface area contributed by atoms with Crippen molar-refractivity contribution in [3.05, 3.63) is 95.6 Å². The van der Waals surface area contributed by atoms with Gasteiger partial charge < -0.3 is 9.47 Å². The van der Waals surface area contributed by atoms with Crippen molar-refractivity contribution >= 4 is 21.8 Å². The highest BCUT2D eigenvalue weighted by atomic mass is 32.2. The lowest BCUT2D eigenvalue weighted by atomic mass is 10.1. The molecular formula is C24H22O6S. The van der Waals surface area contributed by atoms with E-state index in [1.54, 1.807) is 60.7 Å². The molecule has 0 heterocycles. The molecule has 0 aliphatic carbocycles. The first-order valence-corrected chi connectivity index (χ1v) is 11.3. The minimum atomic E-state index is -3.56. The van der Waals surface area contributed by atoms with Gasteiger partial charge in [0.2, 0.25) is 0 Å². The molecule has 3 aromatic carbocycles. The number of benzene rings is 3. The maximum absolute atomic E-state index is 12.3. The van der Waals surface area contributed by atoms with Crippen LogP contribution in [0.1, 0.15) is 27.9 Å². The van der Waals surface area contributed by atoms with E-state index in [1.807, 2.05) is 13.0 Å². The highest BCUT2D eigenvalue weighted by molar-refractivity contribution is 7.91. The van der Waals surface area contributed by atoms with Crippen LogP contribution in [-0.2, 0) is 26.0 Å². The Morgan fingerprint density at radius 3 is 2.29 bits per heavy atom. The van der Waals surface area contributed by atoms with Crippen LogP contribution in [0.3, 0.4) is 0 Å². The van der Waals surface area contributed by atoms with E-state index in [0.717, 1.165) is 5.56 Å². The van der Waals surface area contributed by atoms with Gasteiger partial charge in [-0.15, -0.1) is 0 Å². The van der Waals surface area contributed by atoms with Crippen LogP contribution >= 0.6 is 0 Å². The van der Waals surface area contributed by atoms with Gasteiger partial charge in [0.25, 0.3) is 0 Å². The summed E-state index contributed by atoms with van der Waals surface area (Å²) in [5, 5.41) is 0. The minimum absolute atomic E-state index is 0.0735. The van der Waals surface area contributed by atoms with Gasteiger partial charge in [0.15, 0.2) is 9.84 Å². The van der Waals surface area contributed by atoms with Crippen LogP contribution in [0.15, 0.2) is 83.8 Å². The maximum Gasteiger partial charge on any atom is 0.343 e. The van der Waals surface area contributed by atoms with Crippen LogP contribution in [0.4, 0.5) is 0 Å². The summed E-state index contributed by atoms with van der Waals surface area (Å²) in [7, 11) is -3.56. The van der Waals surface area contributed by atoms with E-state index in [-0.39, 0.29) is 23.7 Å². The first-order valence-electron chi connectivity index (χ1n) is 9.65. The fourth-order valence-corrected chi connectivity index (χ4v) is 3.98. The molecule has 0 aromatic heterocycles. The number of carbonyl (C=O) groups excluding carboxylic acids is 2. The lowest BCUT2D eigenvalue weighted by Gasteiger charge is -2.08. The Morgan fingerprint density at radius 1 is 0.871 bits per heavy atom. The summed E-state index contributed by atoms with van der Waals surface area (Å²) in [5.41, 5.74) is 1.87. The molecular weight excluding hydrogens is 416 g/mol. The molecule has 31 heavy (non-hydrogen) atoms. The Kier molecular flexibility index (Phi) is 7.20. The van der Waals surface area contributed by atoms with Gasteiger partial charge in [-0.05, 0) is 48.9 Å². The van der Waals surface area contributed by atoms with Gasteiger partial charge in [-0.25, -0.2) is 13.2 Å². The van der Waals surface area contributed by atoms with Gasteiger partial charge in [0.05, 0.1) is 22.6 Å². The van der Waals surface area contributed by atoms with Crippen LogP contribution in [0.25, 0.3) is 0 Å². The fourth-order valence-electron chi connectivity index (χ4n) is 2.76. The SMILES string of the molecule is Cc1ccc(S(=O)(=O)CCC(=O)OCc2cccc(C(=O)Oc3ccccc3)c2)cc1. The average molecular weight is 439 g/mol. The summed E-state index contributed by atoms with van der Waals surface area (Å²) < 4.78 is 35.1. The molecule has 0 saturated carbocycles. The van der Waals surface area contributed by atoms with Crippen LogP contribution in [0, 0.1) is 6.92 Å². The summed E-state index contributed by atoms with van der Waals surface area (Å²) in [6.45, 7) is 1.79. The van der Waals surface area contributed by atoms with E-state index in [1.165, 1.54) is 12.1 Å². The second-order valence-corrected chi connectivity index (χ2v) is 9.05. The van der Waals surface area contributed by atoms with Crippen LogP contribution in [0.2, 0.25) is 0 Å². The van der Waals surface area contributed by atoms with Crippen molar-refractivity contribution in [2.75, 3.05) is 5.75 Å². The summed E-state index contributed by atoms with van der Waals surface area (Å²) >= 11 is 0. The average Bonchev–Trinajstić information content (AvgIpc) is 2.77. The zero-order valence-corrected chi connectivity index (χ0v) is 17.8. The van der Waals surface area contributed by atoms with Crippen LogP contribution in [0.5, 0.6) is 5.75 Å². The van der Waals surface area contributed by atoms with Gasteiger partial charge in [-0.1, -0.05) is 48.0 Å². The molecule has 3 aromatic rings. The smallest absolute Gasteiger partial charge is 0.343 e. The van der Waals surface area contributed by atoms with Gasteiger partial charge in [0, 0.05) is 0 Å². The van der Waals surface area contributed by atoms with Gasteiger partial charge in [-0.2, -0.15) is 0 Å². The highest BCUT2D eigenvalue weighted by Crippen LogP contribution is 2.15. The van der Waals surface area contributed by atoms with Crippen LogP contribution in [-0.4, -0.2) is 26.1 Å². The van der Waals surface area contributed by atoms with Crippen molar-refractivity contribution in [2.45, 2.75) is 24.8 Å². The van der Waals surface area contributed by atoms with E-state index >= 15 is 0 Å². The Balaban J connectivity index is 1.52. The molecule has 7 heteroatoms. The Morgan fingerprint density at radius 2 is 1.58 bits per heavy atom. The summed E-state index contributed by atoms with van der Waals surface area (Å²) in [5.74, 6) is -1.06. The Labute approximate surface area is 181 Å². The summed E-state index contributed by atoms with van der Waals surface area (Å²) in [6, 6.07) is 21.7. The molecule has 0 atom stereocenters. The molecule has 0 fully saturated rings. The second-order valence-electron chi connectivity index (χ2n) is 6.95. The summed E-state index contributed by atoms with van der Waals surface area (Å²) in [6.07, 6.45) is -0.258. The number of ether oxygens (including phenoxy) is 2. The van der Waals surface area contributed by atoms with Gasteiger partial charge in [0.1, 0.15) is 12.4 Å². The number of esters is 2. The first-order chi connectivity index (χ1) is 14.8. The van der Waals surface area contributed by atoms with Crippen molar-refractivity contribution in [3.8, 4) is 5.75 Å². The standard InChI is InChI=1S/C24H22O6S/c1-18-10-12-22(13-11-18)31(27,28)15-14-23(25)29-17-19-6-5-7-20(16-19)24(26)30-21-8-3-2-4-9-21/h2-13,16H,14-15,17H2,1H3. The predicted octanol–water partition coefficient (Wildman–Crippen LogP) is 4.12. The number of para-hydroxylation sites is 1. The molecule has 0 unspecified atom stereocenters. The van der Waals surface area contributed by atoms with Crippen molar-refractivity contribution in [1.29, 1.82) is 0 Å². The molecule has 0 aliphatic heterocycles. The third-order valence-corrected chi connectivity index (χ3v) is 6.20. The number of hydrogen-bond acceptors (Lipinski definition) is 6. The topological polar surface area (TPSA) is 86.7 Å². The number of aryl methyl sites for hydroxylation is 1. The number of hydrogen-bond donors (Lipinski definition) is 0. The van der Waals surface area contributed by atoms with Crippen molar-refractivity contribution < 1.29 is 27.5 Å². The van der Waals surface area contributed by atoms with E-state index in [2.05, 4.69) is 0 Å². The second kappa shape index (κ2) is 10.0. The molecule has 0 amide bonds. The maximum atomic E-state index is 12.3. The number of sulfone groups is 1. The normalized spacial score (nSPS) is 11.0. The van der Waals surface area contributed by atoms with Gasteiger partial charge >= 0.3 is 11.9 Å². The predicted molar refractivity (Wildman–Crippen MR) is 115 cm³/mol. The fraction of sp³-hybridized carbons (Fsp3) is 0.167. The van der Waals surface area contributed by atoms with Crippen molar-refractivity contribution in [3.63, 3.8) is 0 Å². The molecule has 0 N–H and O–H groups in total. The Bertz CT molecular complexity index is 1150. The lowest BCUT2D eigenvalue weighted by Crippen LogP contribution is -2.14. The largest absolute Gasteiger partial charge is 0.461 e. The van der Waals surface area contributed by atoms with Crippen LogP contribution < -0.4 is 4.74 Å². The third kappa shape index (κ3) is 6.52. The zero-order chi connectivity index (χ0) is 22.3. The number of rotatable bonds is 8. The third-order valence-electron chi connectivity index (χ3n) is 4.47. The van der Waals surface area contributed by atoms with E-state index in [9.17, 15) is 18.0 Å². The molecule has 3 rings (SSSR count). The Hall–Kier alpha value is -3.45. The molecule has 0 bridgehead atoms. The minimum Gasteiger partial charge on any atom is -0.461 e. The van der Waals surface area contributed by atoms with E-state index in [0.29, 0.717) is 16.9 Å². The molecule has 0 radical (unpaired) electrons.